The molecule has 4 rings (SSSR count). The Bertz CT molecular complexity index is 1200. The van der Waals surface area contributed by atoms with E-state index >= 15 is 0 Å². The molecule has 0 fully saturated rings. The van der Waals surface area contributed by atoms with Crippen LogP contribution in [0.25, 0.3) is 22.6 Å². The van der Waals surface area contributed by atoms with Gasteiger partial charge in [0.05, 0.1) is 19.0 Å². The third kappa shape index (κ3) is 3.34. The Kier molecular flexibility index (Phi) is 4.88. The van der Waals surface area contributed by atoms with Gasteiger partial charge in [-0.05, 0) is 17.7 Å². The van der Waals surface area contributed by atoms with Crippen LogP contribution in [0.2, 0.25) is 0 Å². The van der Waals surface area contributed by atoms with E-state index in [9.17, 15) is 4.79 Å². The summed E-state index contributed by atoms with van der Waals surface area (Å²) in [6.45, 7) is 0.530. The Hall–Kier alpha value is -4.21. The molecule has 0 bridgehead atoms. The maximum atomic E-state index is 11.8. The van der Waals surface area contributed by atoms with Gasteiger partial charge in [0.1, 0.15) is 11.4 Å². The highest BCUT2D eigenvalue weighted by molar-refractivity contribution is 5.96. The van der Waals surface area contributed by atoms with Crippen LogP contribution in [0.1, 0.15) is 5.56 Å². The number of aromatic nitrogens is 5. The van der Waals surface area contributed by atoms with Crippen LogP contribution in [0.4, 0.5) is 22.1 Å². The number of rotatable bonds is 4. The summed E-state index contributed by atoms with van der Waals surface area (Å²) in [7, 11) is 2.74. The molecule has 1 aromatic carbocycles. The van der Waals surface area contributed by atoms with E-state index in [-0.39, 0.29) is 23.1 Å². The van der Waals surface area contributed by atoms with Gasteiger partial charge in [0.25, 0.3) is 0 Å². The van der Waals surface area contributed by atoms with Crippen molar-refractivity contribution < 1.29 is 9.53 Å². The topological polar surface area (TPSA) is 138 Å². The number of amides is 1. The van der Waals surface area contributed by atoms with Gasteiger partial charge in [0.2, 0.25) is 0 Å². The van der Waals surface area contributed by atoms with Crippen LogP contribution in [-0.4, -0.2) is 45.0 Å². The molecule has 0 unspecified atom stereocenters. The maximum Gasteiger partial charge on any atom is 0.413 e. The van der Waals surface area contributed by atoms with Gasteiger partial charge in [0.15, 0.2) is 23.1 Å². The number of nitrogens with zero attached hydrogens (tertiary/aromatic N) is 6. The Balaban J connectivity index is 1.81. The van der Waals surface area contributed by atoms with Crippen LogP contribution in [0.15, 0.2) is 48.7 Å². The first-order valence-electron chi connectivity index (χ1n) is 9.10. The summed E-state index contributed by atoms with van der Waals surface area (Å²) in [6, 6.07) is 13.6. The van der Waals surface area contributed by atoms with Gasteiger partial charge < -0.3 is 16.2 Å². The summed E-state index contributed by atoms with van der Waals surface area (Å²) in [4.78, 5) is 26.1. The van der Waals surface area contributed by atoms with E-state index in [1.165, 1.54) is 14.2 Å². The number of fused-ring (bicyclic) bond motifs is 1. The summed E-state index contributed by atoms with van der Waals surface area (Å²) < 4.78 is 6.49. The molecule has 0 aliphatic heterocycles. The summed E-state index contributed by atoms with van der Waals surface area (Å²) in [5.74, 6) is 0.330. The second-order valence-electron chi connectivity index (χ2n) is 6.56. The van der Waals surface area contributed by atoms with E-state index in [1.54, 1.807) is 10.9 Å². The molecule has 10 heteroatoms. The highest BCUT2D eigenvalue weighted by atomic mass is 16.5. The minimum absolute atomic E-state index is 0.0417. The highest BCUT2D eigenvalue weighted by Crippen LogP contribution is 2.32. The molecule has 1 amide bonds. The zero-order chi connectivity index (χ0) is 21.3. The molecule has 4 N–H and O–H groups in total. The fourth-order valence-electron chi connectivity index (χ4n) is 3.21. The number of hydrogen-bond acceptors (Lipinski definition) is 8. The van der Waals surface area contributed by atoms with Crippen molar-refractivity contribution in [3.63, 3.8) is 0 Å². The lowest BCUT2D eigenvalue weighted by Gasteiger charge is -2.18. The van der Waals surface area contributed by atoms with Gasteiger partial charge in [-0.1, -0.05) is 30.3 Å². The number of anilines is 3. The minimum atomic E-state index is -0.633. The fraction of sp³-hybridized carbons (Fsp3) is 0.150. The maximum absolute atomic E-state index is 11.8. The molecule has 0 saturated carbocycles. The third-order valence-electron chi connectivity index (χ3n) is 4.62. The standard InChI is InChI=1S/C20H20N8O2/c1-27(20(29)30-2)15-16(21)24-18(25-17(15)22)14-13-9-6-10-23-19(13)28(26-14)11-12-7-4-3-5-8-12/h3-10H,11H2,1-2H3,(H4,21,22,24,25). The highest BCUT2D eigenvalue weighted by Gasteiger charge is 2.23. The van der Waals surface area contributed by atoms with Gasteiger partial charge in [-0.25, -0.2) is 24.4 Å². The Morgan fingerprint density at radius 2 is 1.80 bits per heavy atom. The van der Waals surface area contributed by atoms with Gasteiger partial charge in [-0.2, -0.15) is 5.10 Å². The largest absolute Gasteiger partial charge is 0.452 e. The van der Waals surface area contributed by atoms with Gasteiger partial charge >= 0.3 is 6.09 Å². The van der Waals surface area contributed by atoms with Crippen LogP contribution in [-0.2, 0) is 11.3 Å². The monoisotopic (exact) mass is 404 g/mol. The molecule has 0 spiro atoms. The third-order valence-corrected chi connectivity index (χ3v) is 4.62. The number of nitrogens with two attached hydrogens (primary N) is 2. The molecule has 0 aliphatic carbocycles. The van der Waals surface area contributed by atoms with E-state index in [0.717, 1.165) is 15.8 Å². The Morgan fingerprint density at radius 3 is 2.47 bits per heavy atom. The van der Waals surface area contributed by atoms with E-state index in [1.807, 2.05) is 42.5 Å². The molecule has 0 aliphatic rings. The molecule has 3 aromatic heterocycles. The average Bonchev–Trinajstić information content (AvgIpc) is 3.12. The Labute approximate surface area is 172 Å². The van der Waals surface area contributed by atoms with Gasteiger partial charge in [-0.3, -0.25) is 4.90 Å². The zero-order valence-electron chi connectivity index (χ0n) is 16.5. The van der Waals surface area contributed by atoms with Crippen molar-refractivity contribution in [3.8, 4) is 11.5 Å². The minimum Gasteiger partial charge on any atom is -0.452 e. The second-order valence-corrected chi connectivity index (χ2v) is 6.56. The Morgan fingerprint density at radius 1 is 1.10 bits per heavy atom. The normalized spacial score (nSPS) is 10.9. The van der Waals surface area contributed by atoms with Crippen LogP contribution < -0.4 is 16.4 Å². The van der Waals surface area contributed by atoms with Gasteiger partial charge in [0, 0.05) is 13.2 Å². The number of carbonyl (C=O) groups excluding carboxylic acids is 1. The van der Waals surface area contributed by atoms with Crippen molar-refractivity contribution in [2.24, 2.45) is 0 Å². The first-order valence-corrected chi connectivity index (χ1v) is 9.10. The average molecular weight is 404 g/mol. The number of carbonyl (C=O) groups is 1. The molecular weight excluding hydrogens is 384 g/mol. The lowest BCUT2D eigenvalue weighted by Crippen LogP contribution is -2.28. The molecule has 0 radical (unpaired) electrons. The van der Waals surface area contributed by atoms with Crippen molar-refractivity contribution in [1.29, 1.82) is 0 Å². The molecule has 152 valence electrons. The fourth-order valence-corrected chi connectivity index (χ4v) is 3.21. The number of benzene rings is 1. The van der Waals surface area contributed by atoms with Crippen molar-refractivity contribution in [2.45, 2.75) is 6.54 Å². The smallest absolute Gasteiger partial charge is 0.413 e. The van der Waals surface area contributed by atoms with Crippen molar-refractivity contribution in [2.75, 3.05) is 30.5 Å². The van der Waals surface area contributed by atoms with Gasteiger partial charge in [-0.15, -0.1) is 0 Å². The molecular formula is C20H20N8O2. The summed E-state index contributed by atoms with van der Waals surface area (Å²) in [5.41, 5.74) is 14.6. The quantitative estimate of drug-likeness (QED) is 0.528. The van der Waals surface area contributed by atoms with Crippen molar-refractivity contribution in [1.82, 2.24) is 24.7 Å². The van der Waals surface area contributed by atoms with E-state index in [2.05, 4.69) is 20.1 Å². The number of methoxy groups -OCH3 is 1. The van der Waals surface area contributed by atoms with Crippen LogP contribution in [0.5, 0.6) is 0 Å². The molecule has 30 heavy (non-hydrogen) atoms. The predicted molar refractivity (Wildman–Crippen MR) is 114 cm³/mol. The SMILES string of the molecule is COC(=O)N(C)c1c(N)nc(-c2nn(Cc3ccccc3)c3ncccc23)nc1N. The number of hydrogen-bond donors (Lipinski definition) is 2. The first kappa shape index (κ1) is 19.1. The van der Waals surface area contributed by atoms with E-state index in [0.29, 0.717) is 17.9 Å². The molecule has 3 heterocycles. The van der Waals surface area contributed by atoms with Crippen LogP contribution in [0.3, 0.4) is 0 Å². The molecule has 10 nitrogen and oxygen atoms in total. The second kappa shape index (κ2) is 7.66. The molecule has 0 atom stereocenters. The number of nitrogen functional groups attached to an aromatic ring is 2. The van der Waals surface area contributed by atoms with Crippen molar-refractivity contribution in [3.05, 3.63) is 54.2 Å². The molecule has 4 aromatic rings. The summed E-state index contributed by atoms with van der Waals surface area (Å²) >= 11 is 0. The summed E-state index contributed by atoms with van der Waals surface area (Å²) in [5, 5.41) is 5.44. The zero-order valence-corrected chi connectivity index (χ0v) is 16.5. The predicted octanol–water partition coefficient (Wildman–Crippen LogP) is 2.30. The summed E-state index contributed by atoms with van der Waals surface area (Å²) in [6.07, 6.45) is 1.07. The van der Waals surface area contributed by atoms with E-state index < -0.39 is 6.09 Å². The van der Waals surface area contributed by atoms with Crippen LogP contribution >= 0.6 is 0 Å². The van der Waals surface area contributed by atoms with E-state index in [4.69, 9.17) is 16.2 Å². The number of ether oxygens (including phenoxy) is 1. The molecule has 0 saturated heterocycles. The number of pyridine rings is 1. The first-order chi connectivity index (χ1) is 14.5. The van der Waals surface area contributed by atoms with Crippen LogP contribution in [0, 0.1) is 0 Å². The lowest BCUT2D eigenvalue weighted by atomic mass is 10.2. The van der Waals surface area contributed by atoms with Crippen molar-refractivity contribution >= 4 is 34.4 Å². The lowest BCUT2D eigenvalue weighted by molar-refractivity contribution is 0.180.